The number of guanidine groups is 1. The second-order valence-corrected chi connectivity index (χ2v) is 6.17. The molecule has 5 nitrogen and oxygen atoms in total. The summed E-state index contributed by atoms with van der Waals surface area (Å²) in [6.07, 6.45) is 3.49. The Bertz CT molecular complexity index is 275. The van der Waals surface area contributed by atoms with Gasteiger partial charge in [0, 0.05) is 39.4 Å². The van der Waals surface area contributed by atoms with E-state index in [1.807, 2.05) is 0 Å². The summed E-state index contributed by atoms with van der Waals surface area (Å²) < 4.78 is 5.57. The SMILES string of the molecule is CCCCN(C)CCNC(=NCCCOCC(C)C)NCC.I. The number of aliphatic imine (C=N–C) groups is 1. The summed E-state index contributed by atoms with van der Waals surface area (Å²) in [4.78, 5) is 6.95. The molecule has 0 aliphatic heterocycles. The Morgan fingerprint density at radius 1 is 1.13 bits per heavy atom. The van der Waals surface area contributed by atoms with Crippen molar-refractivity contribution in [3.63, 3.8) is 0 Å². The maximum atomic E-state index is 5.57. The molecule has 0 heterocycles. The molecule has 0 aliphatic carbocycles. The third-order valence-corrected chi connectivity index (χ3v) is 3.19. The maximum absolute atomic E-state index is 5.57. The molecule has 0 aromatic heterocycles. The van der Waals surface area contributed by atoms with Crippen molar-refractivity contribution in [3.05, 3.63) is 0 Å². The molecule has 6 heteroatoms. The number of nitrogens with one attached hydrogen (secondary N) is 2. The second kappa shape index (κ2) is 18.3. The molecule has 0 aromatic carbocycles. The molecule has 2 N–H and O–H groups in total. The van der Waals surface area contributed by atoms with Gasteiger partial charge in [0.15, 0.2) is 5.96 Å². The molecule has 23 heavy (non-hydrogen) atoms. The standard InChI is InChI=1S/C17H38N4O.HI/c1-6-8-12-21(5)13-11-20-17(18-7-2)19-10-9-14-22-15-16(3)4;/h16H,6-15H2,1-5H3,(H2,18,19,20);1H. The van der Waals surface area contributed by atoms with Crippen LogP contribution in [-0.2, 0) is 4.74 Å². The highest BCUT2D eigenvalue weighted by Gasteiger charge is 2.00. The van der Waals surface area contributed by atoms with E-state index < -0.39 is 0 Å². The highest BCUT2D eigenvalue weighted by atomic mass is 127. The molecule has 0 saturated heterocycles. The van der Waals surface area contributed by atoms with Crippen molar-refractivity contribution < 1.29 is 4.74 Å². The third-order valence-electron chi connectivity index (χ3n) is 3.19. The first-order valence-electron chi connectivity index (χ1n) is 8.88. The van der Waals surface area contributed by atoms with Crippen LogP contribution in [0.15, 0.2) is 4.99 Å². The van der Waals surface area contributed by atoms with Crippen LogP contribution in [0.2, 0.25) is 0 Å². The van der Waals surface area contributed by atoms with Gasteiger partial charge in [-0.1, -0.05) is 27.2 Å². The van der Waals surface area contributed by atoms with E-state index in [1.165, 1.54) is 19.4 Å². The summed E-state index contributed by atoms with van der Waals surface area (Å²) in [5.74, 6) is 1.52. The molecule has 0 saturated carbocycles. The van der Waals surface area contributed by atoms with Gasteiger partial charge in [0.2, 0.25) is 0 Å². The van der Waals surface area contributed by atoms with Gasteiger partial charge in [0.25, 0.3) is 0 Å². The number of nitrogens with zero attached hydrogens (tertiary/aromatic N) is 2. The Morgan fingerprint density at radius 2 is 1.87 bits per heavy atom. The van der Waals surface area contributed by atoms with Crippen LogP contribution in [-0.4, -0.2) is 63.8 Å². The second-order valence-electron chi connectivity index (χ2n) is 6.17. The van der Waals surface area contributed by atoms with Crippen LogP contribution in [0, 0.1) is 5.92 Å². The molecule has 0 aliphatic rings. The molecule has 0 amide bonds. The van der Waals surface area contributed by atoms with E-state index in [2.05, 4.69) is 55.3 Å². The van der Waals surface area contributed by atoms with E-state index in [1.54, 1.807) is 0 Å². The van der Waals surface area contributed by atoms with Crippen molar-refractivity contribution in [1.82, 2.24) is 15.5 Å². The Hall–Kier alpha value is -0.0800. The molecule has 0 rings (SSSR count). The fourth-order valence-electron chi connectivity index (χ4n) is 1.92. The molecular weight excluding hydrogens is 403 g/mol. The molecule has 0 aromatic rings. The number of hydrogen-bond acceptors (Lipinski definition) is 3. The average Bonchev–Trinajstić information content (AvgIpc) is 2.48. The summed E-state index contributed by atoms with van der Waals surface area (Å²) in [6.45, 7) is 15.1. The zero-order chi connectivity index (χ0) is 16.6. The molecule has 0 atom stereocenters. The van der Waals surface area contributed by atoms with Crippen molar-refractivity contribution in [2.45, 2.75) is 47.0 Å². The average molecular weight is 442 g/mol. The summed E-state index contributed by atoms with van der Waals surface area (Å²) in [5.41, 5.74) is 0. The van der Waals surface area contributed by atoms with Crippen LogP contribution >= 0.6 is 24.0 Å². The topological polar surface area (TPSA) is 48.9 Å². The lowest BCUT2D eigenvalue weighted by atomic mass is 10.2. The largest absolute Gasteiger partial charge is 0.381 e. The van der Waals surface area contributed by atoms with Gasteiger partial charge in [-0.3, -0.25) is 4.99 Å². The first kappa shape index (κ1) is 25.2. The van der Waals surface area contributed by atoms with E-state index >= 15 is 0 Å². The number of rotatable bonds is 13. The Labute approximate surface area is 161 Å². The lowest BCUT2D eigenvalue weighted by Crippen LogP contribution is -2.41. The summed E-state index contributed by atoms with van der Waals surface area (Å²) >= 11 is 0. The van der Waals surface area contributed by atoms with Gasteiger partial charge in [-0.2, -0.15) is 0 Å². The molecule has 140 valence electrons. The molecule has 0 spiro atoms. The lowest BCUT2D eigenvalue weighted by molar-refractivity contribution is 0.109. The van der Waals surface area contributed by atoms with Crippen LogP contribution in [0.3, 0.4) is 0 Å². The van der Waals surface area contributed by atoms with Crippen molar-refractivity contribution >= 4 is 29.9 Å². The van der Waals surface area contributed by atoms with E-state index in [0.29, 0.717) is 5.92 Å². The number of likely N-dealkylation sites (N-methyl/N-ethyl adjacent to an activating group) is 1. The summed E-state index contributed by atoms with van der Waals surface area (Å²) in [7, 11) is 2.17. The van der Waals surface area contributed by atoms with Crippen molar-refractivity contribution in [1.29, 1.82) is 0 Å². The zero-order valence-corrected chi connectivity index (χ0v) is 18.2. The molecule has 0 unspecified atom stereocenters. The zero-order valence-electron chi connectivity index (χ0n) is 15.9. The maximum Gasteiger partial charge on any atom is 0.191 e. The lowest BCUT2D eigenvalue weighted by Gasteiger charge is -2.17. The van der Waals surface area contributed by atoms with E-state index in [4.69, 9.17) is 4.74 Å². The molecule has 0 fully saturated rings. The monoisotopic (exact) mass is 442 g/mol. The van der Waals surface area contributed by atoms with Gasteiger partial charge in [0.05, 0.1) is 0 Å². The molecule has 0 radical (unpaired) electrons. The smallest absolute Gasteiger partial charge is 0.191 e. The number of halogens is 1. The summed E-state index contributed by atoms with van der Waals surface area (Å²) in [5, 5.41) is 6.68. The minimum absolute atomic E-state index is 0. The highest BCUT2D eigenvalue weighted by molar-refractivity contribution is 14.0. The van der Waals surface area contributed by atoms with Crippen LogP contribution in [0.5, 0.6) is 0 Å². The third kappa shape index (κ3) is 18.1. The van der Waals surface area contributed by atoms with Crippen molar-refractivity contribution in [3.8, 4) is 0 Å². The fraction of sp³-hybridized carbons (Fsp3) is 0.941. The molecular formula is C17H39IN4O. The van der Waals surface area contributed by atoms with Crippen LogP contribution in [0.4, 0.5) is 0 Å². The van der Waals surface area contributed by atoms with E-state index in [0.717, 1.165) is 51.8 Å². The fourth-order valence-corrected chi connectivity index (χ4v) is 1.92. The quantitative estimate of drug-likeness (QED) is 0.199. The van der Waals surface area contributed by atoms with Crippen LogP contribution in [0.25, 0.3) is 0 Å². The van der Waals surface area contributed by atoms with E-state index in [9.17, 15) is 0 Å². The Balaban J connectivity index is 0. The predicted octanol–water partition coefficient (Wildman–Crippen LogP) is 2.95. The number of hydrogen-bond donors (Lipinski definition) is 2. The van der Waals surface area contributed by atoms with Crippen LogP contribution in [0.1, 0.15) is 47.0 Å². The first-order valence-corrected chi connectivity index (χ1v) is 8.88. The predicted molar refractivity (Wildman–Crippen MR) is 112 cm³/mol. The normalized spacial score (nSPS) is 11.7. The Kier molecular flexibility index (Phi) is 20.0. The van der Waals surface area contributed by atoms with Gasteiger partial charge in [-0.25, -0.2) is 0 Å². The van der Waals surface area contributed by atoms with Crippen molar-refractivity contribution in [2.75, 3.05) is 53.0 Å². The van der Waals surface area contributed by atoms with Gasteiger partial charge in [-0.05, 0) is 39.3 Å². The highest BCUT2D eigenvalue weighted by Crippen LogP contribution is 1.94. The van der Waals surface area contributed by atoms with Crippen LogP contribution < -0.4 is 10.6 Å². The van der Waals surface area contributed by atoms with E-state index in [-0.39, 0.29) is 24.0 Å². The number of unbranched alkanes of at least 4 members (excludes halogenated alkanes) is 1. The van der Waals surface area contributed by atoms with Gasteiger partial charge in [0.1, 0.15) is 0 Å². The first-order chi connectivity index (χ1) is 10.6. The minimum Gasteiger partial charge on any atom is -0.381 e. The Morgan fingerprint density at radius 3 is 2.48 bits per heavy atom. The minimum atomic E-state index is 0. The van der Waals surface area contributed by atoms with Crippen molar-refractivity contribution in [2.24, 2.45) is 10.9 Å². The van der Waals surface area contributed by atoms with Gasteiger partial charge < -0.3 is 20.3 Å². The number of ether oxygens (including phenoxy) is 1. The van der Waals surface area contributed by atoms with Gasteiger partial charge >= 0.3 is 0 Å². The summed E-state index contributed by atoms with van der Waals surface area (Å²) in [6, 6.07) is 0. The van der Waals surface area contributed by atoms with Gasteiger partial charge in [-0.15, -0.1) is 24.0 Å². The molecule has 0 bridgehead atoms.